The van der Waals surface area contributed by atoms with Gasteiger partial charge >= 0.3 is 5.97 Å². The summed E-state index contributed by atoms with van der Waals surface area (Å²) >= 11 is 3.15. The number of thiophene rings is 1. The van der Waals surface area contributed by atoms with Crippen LogP contribution in [0.4, 0.5) is 0 Å². The Bertz CT molecular complexity index is 620. The Morgan fingerprint density at radius 3 is 3.00 bits per heavy atom. The van der Waals surface area contributed by atoms with Crippen molar-refractivity contribution in [3.63, 3.8) is 0 Å². The lowest BCUT2D eigenvalue weighted by atomic mass is 10.3. The molecule has 1 aliphatic rings. The summed E-state index contributed by atoms with van der Waals surface area (Å²) in [6.45, 7) is 1.83. The van der Waals surface area contributed by atoms with Crippen molar-refractivity contribution in [1.82, 2.24) is 14.8 Å². The van der Waals surface area contributed by atoms with Crippen LogP contribution in [0, 0.1) is 0 Å². The van der Waals surface area contributed by atoms with Crippen LogP contribution in [-0.4, -0.2) is 33.1 Å². The first-order chi connectivity index (χ1) is 10.2. The second-order valence-electron chi connectivity index (χ2n) is 5.04. The Labute approximate surface area is 131 Å². The van der Waals surface area contributed by atoms with Crippen LogP contribution in [0.2, 0.25) is 0 Å². The predicted octanol–water partition coefficient (Wildman–Crippen LogP) is 2.92. The highest BCUT2D eigenvalue weighted by Crippen LogP contribution is 2.40. The standard InChI is InChI=1S/C14H17N3O2S2/c1-9(13(18)19-2)21-14-16-15-12(17(14)10-5-6-10)8-11-4-3-7-20-11/h3-4,7,9-10H,5-6,8H2,1-2H3/t9-/m1/s1. The highest BCUT2D eigenvalue weighted by atomic mass is 32.2. The number of hydrogen-bond acceptors (Lipinski definition) is 6. The molecule has 0 aromatic carbocycles. The van der Waals surface area contributed by atoms with Crippen LogP contribution in [0.25, 0.3) is 0 Å². The molecule has 2 heterocycles. The average molecular weight is 323 g/mol. The molecule has 0 spiro atoms. The lowest BCUT2D eigenvalue weighted by molar-refractivity contribution is -0.139. The van der Waals surface area contributed by atoms with Gasteiger partial charge in [0.05, 0.1) is 7.11 Å². The first kappa shape index (κ1) is 14.6. The Balaban J connectivity index is 1.81. The van der Waals surface area contributed by atoms with Gasteiger partial charge in [0, 0.05) is 17.3 Å². The van der Waals surface area contributed by atoms with Crippen LogP contribution >= 0.6 is 23.1 Å². The third-order valence-corrected chi connectivity index (χ3v) is 5.29. The summed E-state index contributed by atoms with van der Waals surface area (Å²) in [5.41, 5.74) is 0. The van der Waals surface area contributed by atoms with E-state index < -0.39 is 0 Å². The number of methoxy groups -OCH3 is 1. The number of carbonyl (C=O) groups is 1. The van der Waals surface area contributed by atoms with Gasteiger partial charge < -0.3 is 9.30 Å². The Morgan fingerprint density at radius 2 is 2.38 bits per heavy atom. The number of ether oxygens (including phenoxy) is 1. The second-order valence-corrected chi connectivity index (χ2v) is 7.38. The summed E-state index contributed by atoms with van der Waals surface area (Å²) in [7, 11) is 1.41. The number of rotatable bonds is 6. The Kier molecular flexibility index (Phi) is 4.30. The molecule has 112 valence electrons. The van der Waals surface area contributed by atoms with Crippen molar-refractivity contribution < 1.29 is 9.53 Å². The van der Waals surface area contributed by atoms with E-state index in [2.05, 4.69) is 26.2 Å². The maximum absolute atomic E-state index is 11.6. The minimum atomic E-state index is -0.272. The van der Waals surface area contributed by atoms with Crippen LogP contribution in [0.5, 0.6) is 0 Å². The van der Waals surface area contributed by atoms with Gasteiger partial charge in [-0.05, 0) is 31.2 Å². The second kappa shape index (κ2) is 6.19. The molecule has 5 nitrogen and oxygen atoms in total. The lowest BCUT2D eigenvalue weighted by Gasteiger charge is -2.11. The number of hydrogen-bond donors (Lipinski definition) is 0. The molecule has 0 radical (unpaired) electrons. The van der Waals surface area contributed by atoms with Crippen molar-refractivity contribution >= 4 is 29.1 Å². The molecule has 1 atom stereocenters. The van der Waals surface area contributed by atoms with Gasteiger partial charge in [0.2, 0.25) is 0 Å². The van der Waals surface area contributed by atoms with E-state index in [9.17, 15) is 4.79 Å². The maximum atomic E-state index is 11.6. The third-order valence-electron chi connectivity index (χ3n) is 3.37. The topological polar surface area (TPSA) is 57.0 Å². The molecular formula is C14H17N3O2S2. The van der Waals surface area contributed by atoms with Crippen molar-refractivity contribution in [1.29, 1.82) is 0 Å². The monoisotopic (exact) mass is 323 g/mol. The van der Waals surface area contributed by atoms with Gasteiger partial charge in [0.25, 0.3) is 0 Å². The van der Waals surface area contributed by atoms with Gasteiger partial charge in [-0.25, -0.2) is 0 Å². The largest absolute Gasteiger partial charge is 0.468 e. The van der Waals surface area contributed by atoms with E-state index in [1.807, 2.05) is 13.0 Å². The molecule has 0 amide bonds. The van der Waals surface area contributed by atoms with E-state index in [0.29, 0.717) is 6.04 Å². The first-order valence-electron chi connectivity index (χ1n) is 6.89. The predicted molar refractivity (Wildman–Crippen MR) is 82.8 cm³/mol. The Hall–Kier alpha value is -1.34. The fourth-order valence-electron chi connectivity index (χ4n) is 2.15. The molecule has 0 unspecified atom stereocenters. The summed E-state index contributed by atoms with van der Waals surface area (Å²) in [5.74, 6) is 0.754. The highest BCUT2D eigenvalue weighted by molar-refractivity contribution is 8.00. The summed E-state index contributed by atoms with van der Waals surface area (Å²) in [6, 6.07) is 4.65. The van der Waals surface area contributed by atoms with E-state index in [-0.39, 0.29) is 11.2 Å². The fourth-order valence-corrected chi connectivity index (χ4v) is 3.82. The summed E-state index contributed by atoms with van der Waals surface area (Å²) < 4.78 is 6.97. The molecule has 2 aromatic heterocycles. The van der Waals surface area contributed by atoms with Gasteiger partial charge in [-0.3, -0.25) is 4.79 Å². The van der Waals surface area contributed by atoms with E-state index in [4.69, 9.17) is 4.74 Å². The molecule has 3 rings (SSSR count). The number of esters is 1. The van der Waals surface area contributed by atoms with Gasteiger partial charge in [-0.15, -0.1) is 21.5 Å². The normalized spacial score (nSPS) is 15.9. The van der Waals surface area contributed by atoms with E-state index in [1.165, 1.54) is 23.7 Å². The zero-order valence-corrected chi connectivity index (χ0v) is 13.6. The highest BCUT2D eigenvalue weighted by Gasteiger charge is 2.31. The lowest BCUT2D eigenvalue weighted by Crippen LogP contribution is -2.16. The number of carbonyl (C=O) groups excluding carboxylic acids is 1. The number of nitrogens with zero attached hydrogens (tertiary/aromatic N) is 3. The summed E-state index contributed by atoms with van der Waals surface area (Å²) in [4.78, 5) is 12.9. The van der Waals surface area contributed by atoms with Crippen molar-refractivity contribution in [2.45, 2.75) is 42.6 Å². The van der Waals surface area contributed by atoms with E-state index >= 15 is 0 Å². The molecule has 1 fully saturated rings. The van der Waals surface area contributed by atoms with Gasteiger partial charge in [0.1, 0.15) is 11.1 Å². The SMILES string of the molecule is COC(=O)[C@@H](C)Sc1nnc(Cc2cccs2)n1C1CC1. The first-order valence-corrected chi connectivity index (χ1v) is 8.65. The molecule has 1 aliphatic carbocycles. The molecule has 0 saturated heterocycles. The fraction of sp³-hybridized carbons (Fsp3) is 0.500. The summed E-state index contributed by atoms with van der Waals surface area (Å²) in [6.07, 6.45) is 3.12. The molecule has 2 aromatic rings. The quantitative estimate of drug-likeness (QED) is 0.604. The molecule has 0 N–H and O–H groups in total. The zero-order chi connectivity index (χ0) is 14.8. The molecule has 21 heavy (non-hydrogen) atoms. The minimum Gasteiger partial charge on any atom is -0.468 e. The van der Waals surface area contributed by atoms with Crippen LogP contribution in [0.3, 0.4) is 0 Å². The van der Waals surface area contributed by atoms with Crippen LogP contribution in [-0.2, 0) is 16.0 Å². The zero-order valence-electron chi connectivity index (χ0n) is 12.0. The van der Waals surface area contributed by atoms with Crippen molar-refractivity contribution in [3.8, 4) is 0 Å². The Morgan fingerprint density at radius 1 is 1.57 bits per heavy atom. The van der Waals surface area contributed by atoms with Crippen LogP contribution in [0.1, 0.15) is 36.5 Å². The molecule has 0 aliphatic heterocycles. The van der Waals surface area contributed by atoms with Crippen LogP contribution in [0.15, 0.2) is 22.7 Å². The maximum Gasteiger partial charge on any atom is 0.318 e. The summed E-state index contributed by atoms with van der Waals surface area (Å²) in [5, 5.41) is 11.2. The molecule has 0 bridgehead atoms. The van der Waals surface area contributed by atoms with Crippen molar-refractivity contribution in [3.05, 3.63) is 28.2 Å². The minimum absolute atomic E-state index is 0.231. The smallest absolute Gasteiger partial charge is 0.318 e. The molecular weight excluding hydrogens is 306 g/mol. The molecule has 7 heteroatoms. The van der Waals surface area contributed by atoms with Gasteiger partial charge in [-0.2, -0.15) is 0 Å². The number of aromatic nitrogens is 3. The van der Waals surface area contributed by atoms with E-state index in [1.54, 1.807) is 11.3 Å². The van der Waals surface area contributed by atoms with Gasteiger partial charge in [0.15, 0.2) is 5.16 Å². The van der Waals surface area contributed by atoms with Gasteiger partial charge in [-0.1, -0.05) is 17.8 Å². The average Bonchev–Trinajstić information content (AvgIpc) is 3.04. The van der Waals surface area contributed by atoms with E-state index in [0.717, 1.165) is 30.2 Å². The third kappa shape index (κ3) is 3.29. The van der Waals surface area contributed by atoms with Crippen molar-refractivity contribution in [2.75, 3.05) is 7.11 Å². The van der Waals surface area contributed by atoms with Crippen LogP contribution < -0.4 is 0 Å². The molecule has 1 saturated carbocycles. The number of thioether (sulfide) groups is 1. The van der Waals surface area contributed by atoms with Crippen molar-refractivity contribution in [2.24, 2.45) is 0 Å².